The molecule has 1 heterocycles. The molecule has 1 atom stereocenters. The monoisotopic (exact) mass is 256 g/mol. The van der Waals surface area contributed by atoms with Crippen molar-refractivity contribution in [2.75, 3.05) is 25.5 Å². The van der Waals surface area contributed by atoms with E-state index in [2.05, 4.69) is 4.72 Å². The maximum absolute atomic E-state index is 11.7. The van der Waals surface area contributed by atoms with Crippen molar-refractivity contribution in [3.63, 3.8) is 0 Å². The maximum atomic E-state index is 11.7. The first-order valence-corrected chi connectivity index (χ1v) is 6.88. The molecule has 1 aliphatic heterocycles. The van der Waals surface area contributed by atoms with E-state index in [1.807, 2.05) is 18.9 Å². The second-order valence-corrected chi connectivity index (χ2v) is 6.03. The molecule has 1 aliphatic rings. The van der Waals surface area contributed by atoms with E-state index in [4.69, 9.17) is 4.74 Å². The quantitative estimate of drug-likeness (QED) is 0.851. The summed E-state index contributed by atoms with van der Waals surface area (Å²) in [5.41, 5.74) is 0.805. The van der Waals surface area contributed by atoms with Gasteiger partial charge in [-0.1, -0.05) is 0 Å². The summed E-state index contributed by atoms with van der Waals surface area (Å²) in [7, 11) is -0.0767. The molecule has 0 saturated heterocycles. The molecule has 0 aliphatic carbocycles. The van der Waals surface area contributed by atoms with Gasteiger partial charge in [0, 0.05) is 7.05 Å². The first kappa shape index (κ1) is 12.2. The smallest absolute Gasteiger partial charge is 0.240 e. The Labute approximate surface area is 101 Å². The Kier molecular flexibility index (Phi) is 3.01. The molecule has 0 amide bonds. The summed E-state index contributed by atoms with van der Waals surface area (Å²) in [5, 5.41) is 0. The third kappa shape index (κ3) is 2.23. The molecule has 2 rings (SSSR count). The molecule has 1 N–H and O–H groups in total. The number of nitrogens with zero attached hydrogens (tertiary/aromatic N) is 1. The van der Waals surface area contributed by atoms with Gasteiger partial charge < -0.3 is 9.64 Å². The molecule has 0 spiro atoms. The predicted molar refractivity (Wildman–Crippen MR) is 66.0 cm³/mol. The van der Waals surface area contributed by atoms with Crippen LogP contribution in [0.3, 0.4) is 0 Å². The van der Waals surface area contributed by atoms with Crippen LogP contribution in [0.4, 0.5) is 5.69 Å². The van der Waals surface area contributed by atoms with E-state index in [1.54, 1.807) is 18.2 Å². The van der Waals surface area contributed by atoms with Crippen LogP contribution in [-0.2, 0) is 10.0 Å². The molecule has 5 nitrogen and oxygen atoms in total. The molecular formula is C11H16N2O3S. The van der Waals surface area contributed by atoms with Gasteiger partial charge >= 0.3 is 0 Å². The largest absolute Gasteiger partial charge is 0.487 e. The fourth-order valence-electron chi connectivity index (χ4n) is 1.92. The van der Waals surface area contributed by atoms with Crippen LogP contribution in [0.1, 0.15) is 6.92 Å². The van der Waals surface area contributed by atoms with Gasteiger partial charge in [-0.05, 0) is 32.2 Å². The third-order valence-corrected chi connectivity index (χ3v) is 4.19. The lowest BCUT2D eigenvalue weighted by Crippen LogP contribution is -2.35. The molecule has 0 bridgehead atoms. The van der Waals surface area contributed by atoms with Crippen molar-refractivity contribution in [2.24, 2.45) is 0 Å². The SMILES string of the molecule is CNS(=O)(=O)c1ccc2c(c1)N(C)CC(C)O2. The topological polar surface area (TPSA) is 58.6 Å². The number of ether oxygens (including phenoxy) is 1. The van der Waals surface area contributed by atoms with Crippen molar-refractivity contribution < 1.29 is 13.2 Å². The highest BCUT2D eigenvalue weighted by molar-refractivity contribution is 7.89. The minimum absolute atomic E-state index is 0.110. The molecule has 0 radical (unpaired) electrons. The Bertz CT molecular complexity index is 528. The molecule has 1 unspecified atom stereocenters. The molecule has 17 heavy (non-hydrogen) atoms. The van der Waals surface area contributed by atoms with Crippen LogP contribution >= 0.6 is 0 Å². The Morgan fingerprint density at radius 3 is 2.82 bits per heavy atom. The van der Waals surface area contributed by atoms with Crippen molar-refractivity contribution in [2.45, 2.75) is 17.9 Å². The van der Waals surface area contributed by atoms with Gasteiger partial charge in [0.1, 0.15) is 11.9 Å². The summed E-state index contributed by atoms with van der Waals surface area (Å²) in [6.45, 7) is 2.73. The number of anilines is 1. The normalized spacial score (nSPS) is 19.7. The molecule has 94 valence electrons. The van der Waals surface area contributed by atoms with Crippen LogP contribution in [-0.4, -0.2) is 35.2 Å². The summed E-state index contributed by atoms with van der Waals surface area (Å²) in [5.74, 6) is 0.723. The Morgan fingerprint density at radius 2 is 2.18 bits per heavy atom. The number of likely N-dealkylation sites (N-methyl/N-ethyl adjacent to an activating group) is 1. The highest BCUT2D eigenvalue weighted by Gasteiger charge is 2.22. The summed E-state index contributed by atoms with van der Waals surface area (Å²) in [6.07, 6.45) is 0.110. The number of hydrogen-bond acceptors (Lipinski definition) is 4. The molecular weight excluding hydrogens is 240 g/mol. The maximum Gasteiger partial charge on any atom is 0.240 e. The van der Waals surface area contributed by atoms with Crippen molar-refractivity contribution in [3.8, 4) is 5.75 Å². The van der Waals surface area contributed by atoms with Gasteiger partial charge in [-0.3, -0.25) is 0 Å². The van der Waals surface area contributed by atoms with E-state index in [9.17, 15) is 8.42 Å². The Balaban J connectivity index is 2.48. The fraction of sp³-hybridized carbons (Fsp3) is 0.455. The highest BCUT2D eigenvalue weighted by Crippen LogP contribution is 2.34. The van der Waals surface area contributed by atoms with E-state index < -0.39 is 10.0 Å². The molecule has 0 aromatic heterocycles. The van der Waals surface area contributed by atoms with Gasteiger partial charge in [-0.15, -0.1) is 0 Å². The first-order valence-electron chi connectivity index (χ1n) is 5.39. The third-order valence-electron chi connectivity index (χ3n) is 2.78. The Morgan fingerprint density at radius 1 is 1.47 bits per heavy atom. The first-order chi connectivity index (χ1) is 7.94. The van der Waals surface area contributed by atoms with E-state index in [-0.39, 0.29) is 11.0 Å². The zero-order valence-electron chi connectivity index (χ0n) is 10.1. The van der Waals surface area contributed by atoms with Gasteiger partial charge in [0.25, 0.3) is 0 Å². The van der Waals surface area contributed by atoms with Gasteiger partial charge in [0.15, 0.2) is 0 Å². The minimum atomic E-state index is -3.40. The predicted octanol–water partition coefficient (Wildman–Crippen LogP) is 0.812. The van der Waals surface area contributed by atoms with Crippen molar-refractivity contribution in [1.29, 1.82) is 0 Å². The lowest BCUT2D eigenvalue weighted by molar-refractivity contribution is 0.215. The number of fused-ring (bicyclic) bond motifs is 1. The summed E-state index contributed by atoms with van der Waals surface area (Å²) >= 11 is 0. The molecule has 0 fully saturated rings. The summed E-state index contributed by atoms with van der Waals surface area (Å²) in [6, 6.07) is 4.88. The van der Waals surface area contributed by atoms with E-state index in [0.717, 1.165) is 18.0 Å². The average molecular weight is 256 g/mol. The zero-order valence-corrected chi connectivity index (χ0v) is 10.9. The van der Waals surface area contributed by atoms with Crippen LogP contribution in [0.25, 0.3) is 0 Å². The van der Waals surface area contributed by atoms with Crippen LogP contribution in [0.15, 0.2) is 23.1 Å². The molecule has 1 aromatic carbocycles. The van der Waals surface area contributed by atoms with Crippen LogP contribution < -0.4 is 14.4 Å². The molecule has 1 aromatic rings. The van der Waals surface area contributed by atoms with E-state index in [0.29, 0.717) is 0 Å². The van der Waals surface area contributed by atoms with Crippen LogP contribution in [0, 0.1) is 0 Å². The minimum Gasteiger partial charge on any atom is -0.487 e. The van der Waals surface area contributed by atoms with Gasteiger partial charge in [-0.25, -0.2) is 13.1 Å². The van der Waals surface area contributed by atoms with Gasteiger partial charge in [0.05, 0.1) is 17.1 Å². The number of sulfonamides is 1. The summed E-state index contributed by atoms with van der Waals surface area (Å²) < 4.78 is 31.3. The number of nitrogens with one attached hydrogen (secondary N) is 1. The second-order valence-electron chi connectivity index (χ2n) is 4.15. The van der Waals surface area contributed by atoms with E-state index >= 15 is 0 Å². The lowest BCUT2D eigenvalue weighted by atomic mass is 10.2. The van der Waals surface area contributed by atoms with Gasteiger partial charge in [0.2, 0.25) is 10.0 Å². The Hall–Kier alpha value is -1.27. The van der Waals surface area contributed by atoms with Crippen LogP contribution in [0.2, 0.25) is 0 Å². The van der Waals surface area contributed by atoms with Crippen molar-refractivity contribution >= 4 is 15.7 Å². The highest BCUT2D eigenvalue weighted by atomic mass is 32.2. The zero-order chi connectivity index (χ0) is 12.6. The van der Waals surface area contributed by atoms with Crippen molar-refractivity contribution in [3.05, 3.63) is 18.2 Å². The fourth-order valence-corrected chi connectivity index (χ4v) is 2.67. The lowest BCUT2D eigenvalue weighted by Gasteiger charge is -2.32. The van der Waals surface area contributed by atoms with Gasteiger partial charge in [-0.2, -0.15) is 0 Å². The van der Waals surface area contributed by atoms with E-state index in [1.165, 1.54) is 7.05 Å². The summed E-state index contributed by atoms with van der Waals surface area (Å²) in [4.78, 5) is 2.25. The second kappa shape index (κ2) is 4.19. The molecule has 0 saturated carbocycles. The molecule has 6 heteroatoms. The van der Waals surface area contributed by atoms with Crippen LogP contribution in [0.5, 0.6) is 5.75 Å². The van der Waals surface area contributed by atoms with Crippen molar-refractivity contribution in [1.82, 2.24) is 4.72 Å². The number of rotatable bonds is 2. The standard InChI is InChI=1S/C11H16N2O3S/c1-8-7-13(3)10-6-9(17(14,15)12-2)4-5-11(10)16-8/h4-6,8,12H,7H2,1-3H3. The average Bonchev–Trinajstić information content (AvgIpc) is 2.28. The number of benzene rings is 1. The number of hydrogen-bond donors (Lipinski definition) is 1.